The molecule has 1 N–H and O–H groups in total. The van der Waals surface area contributed by atoms with E-state index in [1.165, 1.54) is 0 Å². The zero-order chi connectivity index (χ0) is 9.12. The Hall–Kier alpha value is 0.417. The molecule has 0 aromatic rings. The number of nitrogens with one attached hydrogen (secondary N) is 1. The van der Waals surface area contributed by atoms with Gasteiger partial charge in [-0.15, -0.1) is 4.24 Å². The van der Waals surface area contributed by atoms with Crippen LogP contribution in [0.4, 0.5) is 0 Å². The summed E-state index contributed by atoms with van der Waals surface area (Å²) in [6.45, 7) is 6.37. The molecule has 0 heterocycles. The van der Waals surface area contributed by atoms with Gasteiger partial charge in [0.1, 0.15) is 0 Å². The Bertz CT molecular complexity index is 209. The Morgan fingerprint density at radius 3 is 2.09 bits per heavy atom. The van der Waals surface area contributed by atoms with E-state index in [1.807, 2.05) is 0 Å². The molecule has 0 spiro atoms. The minimum atomic E-state index is -3.20. The topological polar surface area (TPSA) is 46.2 Å². The number of halogens is 1. The fourth-order valence-corrected chi connectivity index (χ4v) is 4.31. The highest BCUT2D eigenvalue weighted by Crippen LogP contribution is 2.09. The first-order valence-corrected chi connectivity index (χ1v) is 9.11. The fourth-order valence-electron chi connectivity index (χ4n) is 0.479. The number of hydrogen-bond donors (Lipinski definition) is 1. The summed E-state index contributed by atoms with van der Waals surface area (Å²) < 4.78 is 23.4. The highest BCUT2D eigenvalue weighted by Gasteiger charge is 2.17. The SMILES string of the molecule is C[Si](C)(C)CCS(=O)(=O)NCl. The van der Waals surface area contributed by atoms with E-state index in [9.17, 15) is 8.42 Å². The molecule has 0 rings (SSSR count). The van der Waals surface area contributed by atoms with Crippen LogP contribution in [0, 0.1) is 0 Å². The standard InChI is InChI=1S/C5H14ClNO2SSi/c1-11(2,3)5-4-10(8,9)7-6/h7H,4-5H2,1-3H3. The minimum Gasteiger partial charge on any atom is -0.211 e. The molecule has 0 aliphatic rings. The van der Waals surface area contributed by atoms with Crippen LogP contribution >= 0.6 is 11.8 Å². The molecule has 0 fully saturated rings. The number of hydrogen-bond acceptors (Lipinski definition) is 2. The van der Waals surface area contributed by atoms with Crippen molar-refractivity contribution < 1.29 is 8.42 Å². The molecule has 0 aromatic carbocycles. The highest BCUT2D eigenvalue weighted by atomic mass is 35.5. The third-order valence-corrected chi connectivity index (χ3v) is 5.03. The van der Waals surface area contributed by atoms with Crippen LogP contribution in [0.15, 0.2) is 0 Å². The Morgan fingerprint density at radius 1 is 1.36 bits per heavy atom. The summed E-state index contributed by atoms with van der Waals surface area (Å²) in [5, 5.41) is 0. The number of sulfonamides is 1. The summed E-state index contributed by atoms with van der Waals surface area (Å²) in [5.74, 6) is 0.145. The molecule has 68 valence electrons. The molecule has 0 unspecified atom stereocenters. The van der Waals surface area contributed by atoms with Gasteiger partial charge in [-0.05, 0) is 17.8 Å². The van der Waals surface area contributed by atoms with Crippen LogP contribution in [-0.4, -0.2) is 22.2 Å². The molecule has 3 nitrogen and oxygen atoms in total. The van der Waals surface area contributed by atoms with E-state index >= 15 is 0 Å². The van der Waals surface area contributed by atoms with Crippen molar-refractivity contribution in [2.45, 2.75) is 25.7 Å². The van der Waals surface area contributed by atoms with Crippen molar-refractivity contribution in [3.05, 3.63) is 0 Å². The van der Waals surface area contributed by atoms with Crippen molar-refractivity contribution in [2.75, 3.05) is 5.75 Å². The van der Waals surface area contributed by atoms with Crippen molar-refractivity contribution in [1.82, 2.24) is 4.24 Å². The van der Waals surface area contributed by atoms with Crippen molar-refractivity contribution >= 4 is 29.9 Å². The van der Waals surface area contributed by atoms with Gasteiger partial charge >= 0.3 is 0 Å². The van der Waals surface area contributed by atoms with E-state index in [-0.39, 0.29) is 5.75 Å². The third kappa shape index (κ3) is 6.80. The van der Waals surface area contributed by atoms with Gasteiger partial charge in [-0.3, -0.25) is 0 Å². The van der Waals surface area contributed by atoms with Crippen LogP contribution in [0.2, 0.25) is 25.7 Å². The monoisotopic (exact) mass is 215 g/mol. The highest BCUT2D eigenvalue weighted by molar-refractivity contribution is 7.90. The van der Waals surface area contributed by atoms with E-state index in [1.54, 1.807) is 4.24 Å². The molecule has 0 saturated heterocycles. The summed E-state index contributed by atoms with van der Waals surface area (Å²) in [6.07, 6.45) is 0. The van der Waals surface area contributed by atoms with E-state index in [0.717, 1.165) is 6.04 Å². The van der Waals surface area contributed by atoms with E-state index in [0.29, 0.717) is 0 Å². The van der Waals surface area contributed by atoms with Gasteiger partial charge in [0.15, 0.2) is 0 Å². The zero-order valence-corrected chi connectivity index (χ0v) is 9.59. The van der Waals surface area contributed by atoms with Crippen LogP contribution < -0.4 is 4.24 Å². The van der Waals surface area contributed by atoms with Gasteiger partial charge < -0.3 is 0 Å². The molecule has 0 saturated carbocycles. The maximum absolute atomic E-state index is 10.8. The largest absolute Gasteiger partial charge is 0.224 e. The molecule has 6 heteroatoms. The molecule has 0 aliphatic carbocycles. The summed E-state index contributed by atoms with van der Waals surface area (Å²) in [7, 11) is -4.46. The summed E-state index contributed by atoms with van der Waals surface area (Å²) in [4.78, 5) is 0. The van der Waals surface area contributed by atoms with Crippen LogP contribution in [0.5, 0.6) is 0 Å². The second kappa shape index (κ2) is 3.89. The van der Waals surface area contributed by atoms with Crippen molar-refractivity contribution in [1.29, 1.82) is 0 Å². The van der Waals surface area contributed by atoms with Crippen molar-refractivity contribution in [3.63, 3.8) is 0 Å². The lowest BCUT2D eigenvalue weighted by Gasteiger charge is -2.14. The molecular weight excluding hydrogens is 202 g/mol. The summed E-state index contributed by atoms with van der Waals surface area (Å²) in [6, 6.07) is 0.745. The molecule has 0 bridgehead atoms. The van der Waals surface area contributed by atoms with Gasteiger partial charge in [0.2, 0.25) is 10.0 Å². The molecule has 0 aromatic heterocycles. The lowest BCUT2D eigenvalue weighted by atomic mass is 11.0. The first-order valence-electron chi connectivity index (χ1n) is 3.37. The Kier molecular flexibility index (Phi) is 4.03. The molecule has 0 amide bonds. The molecule has 0 aliphatic heterocycles. The Balaban J connectivity index is 3.91. The second-order valence-electron chi connectivity index (χ2n) is 3.71. The summed E-state index contributed by atoms with van der Waals surface area (Å²) >= 11 is 5.00. The van der Waals surface area contributed by atoms with Crippen molar-refractivity contribution in [3.8, 4) is 0 Å². The van der Waals surface area contributed by atoms with E-state index < -0.39 is 18.1 Å². The van der Waals surface area contributed by atoms with Gasteiger partial charge in [0.05, 0.1) is 5.75 Å². The average Bonchev–Trinajstić information content (AvgIpc) is 1.83. The van der Waals surface area contributed by atoms with Gasteiger partial charge in [0, 0.05) is 8.07 Å². The maximum Gasteiger partial charge on any atom is 0.224 e. The van der Waals surface area contributed by atoms with Crippen LogP contribution in [0.25, 0.3) is 0 Å². The van der Waals surface area contributed by atoms with Gasteiger partial charge in [-0.1, -0.05) is 19.6 Å². The quantitative estimate of drug-likeness (QED) is 0.569. The van der Waals surface area contributed by atoms with Crippen molar-refractivity contribution in [2.24, 2.45) is 0 Å². The Labute approximate surface area is 74.3 Å². The van der Waals surface area contributed by atoms with Crippen LogP contribution in [0.1, 0.15) is 0 Å². The minimum absolute atomic E-state index is 0.145. The third-order valence-electron chi connectivity index (χ3n) is 1.24. The van der Waals surface area contributed by atoms with Gasteiger partial charge in [-0.2, -0.15) is 0 Å². The maximum atomic E-state index is 10.8. The zero-order valence-electron chi connectivity index (χ0n) is 7.02. The first kappa shape index (κ1) is 11.4. The predicted molar refractivity (Wildman–Crippen MR) is 50.9 cm³/mol. The summed E-state index contributed by atoms with van der Waals surface area (Å²) in [5.41, 5.74) is 0. The van der Waals surface area contributed by atoms with Gasteiger partial charge in [-0.25, -0.2) is 8.42 Å². The lowest BCUT2D eigenvalue weighted by Crippen LogP contribution is -2.27. The Morgan fingerprint density at radius 2 is 1.82 bits per heavy atom. The lowest BCUT2D eigenvalue weighted by molar-refractivity contribution is 0.595. The first-order chi connectivity index (χ1) is 4.77. The molecule has 0 atom stereocenters. The number of rotatable bonds is 4. The van der Waals surface area contributed by atoms with Crippen LogP contribution in [-0.2, 0) is 10.0 Å². The molecule has 11 heavy (non-hydrogen) atoms. The molecular formula is C5H14ClNO2SSi. The smallest absolute Gasteiger partial charge is 0.211 e. The fraction of sp³-hybridized carbons (Fsp3) is 1.00. The van der Waals surface area contributed by atoms with E-state index in [2.05, 4.69) is 19.6 Å². The second-order valence-corrected chi connectivity index (χ2v) is 11.6. The van der Waals surface area contributed by atoms with E-state index in [4.69, 9.17) is 11.8 Å². The average molecular weight is 216 g/mol. The molecule has 0 radical (unpaired) electrons. The van der Waals surface area contributed by atoms with Gasteiger partial charge in [0.25, 0.3) is 0 Å². The predicted octanol–water partition coefficient (Wildman–Crippen LogP) is 1.40. The van der Waals surface area contributed by atoms with Crippen LogP contribution in [0.3, 0.4) is 0 Å². The normalized spacial score (nSPS) is 13.5.